The van der Waals surface area contributed by atoms with Crippen LogP contribution in [0.15, 0.2) is 48.5 Å². The zero-order chi connectivity index (χ0) is 21.1. The van der Waals surface area contributed by atoms with Gasteiger partial charge in [0.25, 0.3) is 0 Å². The molecule has 0 aromatic heterocycles. The molecule has 0 unspecified atom stereocenters. The number of carbonyl (C=O) groups excluding carboxylic acids is 2. The predicted molar refractivity (Wildman–Crippen MR) is 110 cm³/mol. The lowest BCUT2D eigenvalue weighted by molar-refractivity contribution is -0.141. The molecule has 2 aromatic carbocycles. The topological polar surface area (TPSA) is 53.1 Å². The number of amides is 2. The number of halogens is 1. The molecule has 2 aromatic rings. The van der Waals surface area contributed by atoms with E-state index in [4.69, 9.17) is 4.74 Å². The van der Waals surface area contributed by atoms with Crippen LogP contribution in [-0.2, 0) is 16.1 Å². The maximum absolute atomic E-state index is 13.9. The third kappa shape index (κ3) is 4.37. The minimum absolute atomic E-state index is 0.106. The second-order valence-corrected chi connectivity index (χ2v) is 7.83. The maximum atomic E-state index is 13.9. The minimum atomic E-state index is -0.370. The van der Waals surface area contributed by atoms with Crippen LogP contribution in [0.3, 0.4) is 0 Å². The molecular weight excluding hydrogens is 385 g/mol. The molecule has 4 rings (SSSR count). The number of nitrogens with zero attached hydrogens (tertiary/aromatic N) is 3. The highest BCUT2D eigenvalue weighted by atomic mass is 19.1. The van der Waals surface area contributed by atoms with Gasteiger partial charge in [-0.2, -0.15) is 0 Å². The lowest BCUT2D eigenvalue weighted by atomic mass is 9.98. The van der Waals surface area contributed by atoms with Crippen LogP contribution in [0.5, 0.6) is 5.75 Å². The van der Waals surface area contributed by atoms with Crippen LogP contribution < -0.4 is 4.74 Å². The third-order valence-corrected chi connectivity index (χ3v) is 5.87. The predicted octanol–water partition coefficient (Wildman–Crippen LogP) is 2.45. The van der Waals surface area contributed by atoms with Crippen LogP contribution in [0.2, 0.25) is 0 Å². The monoisotopic (exact) mass is 411 g/mol. The smallest absolute Gasteiger partial charge is 0.238 e. The first kappa shape index (κ1) is 20.5. The zero-order valence-electron chi connectivity index (χ0n) is 17.1. The van der Waals surface area contributed by atoms with E-state index < -0.39 is 0 Å². The van der Waals surface area contributed by atoms with Crippen molar-refractivity contribution < 1.29 is 18.7 Å². The molecule has 158 valence electrons. The summed E-state index contributed by atoms with van der Waals surface area (Å²) in [6.45, 7) is 4.10. The van der Waals surface area contributed by atoms with Crippen LogP contribution in [0.4, 0.5) is 4.39 Å². The van der Waals surface area contributed by atoms with Gasteiger partial charge >= 0.3 is 0 Å². The van der Waals surface area contributed by atoms with E-state index in [0.717, 1.165) is 37.3 Å². The van der Waals surface area contributed by atoms with E-state index in [1.807, 2.05) is 36.4 Å². The van der Waals surface area contributed by atoms with E-state index in [2.05, 4.69) is 9.80 Å². The number of benzene rings is 2. The average Bonchev–Trinajstić information content (AvgIpc) is 3.04. The molecule has 2 aliphatic rings. The average molecular weight is 411 g/mol. The summed E-state index contributed by atoms with van der Waals surface area (Å²) < 4.78 is 18.9. The van der Waals surface area contributed by atoms with Gasteiger partial charge in [-0.3, -0.25) is 24.3 Å². The van der Waals surface area contributed by atoms with Crippen molar-refractivity contribution in [2.75, 3.05) is 40.0 Å². The number of likely N-dealkylation sites (tertiary alicyclic amines) is 1. The van der Waals surface area contributed by atoms with Crippen molar-refractivity contribution in [2.45, 2.75) is 18.9 Å². The zero-order valence-corrected chi connectivity index (χ0v) is 17.1. The van der Waals surface area contributed by atoms with Crippen molar-refractivity contribution in [1.82, 2.24) is 14.7 Å². The molecule has 0 bridgehead atoms. The minimum Gasteiger partial charge on any atom is -0.494 e. The molecule has 2 heterocycles. The lowest BCUT2D eigenvalue weighted by Crippen LogP contribution is -2.50. The molecule has 0 saturated carbocycles. The summed E-state index contributed by atoms with van der Waals surface area (Å²) in [5, 5.41) is 0. The number of methoxy groups -OCH3 is 1. The van der Waals surface area contributed by atoms with Gasteiger partial charge < -0.3 is 4.74 Å². The van der Waals surface area contributed by atoms with Crippen LogP contribution in [0, 0.1) is 5.82 Å². The fourth-order valence-electron chi connectivity index (χ4n) is 4.13. The molecule has 0 radical (unpaired) electrons. The number of piperazine rings is 1. The molecule has 30 heavy (non-hydrogen) atoms. The second-order valence-electron chi connectivity index (χ2n) is 7.83. The van der Waals surface area contributed by atoms with Crippen molar-refractivity contribution in [2.24, 2.45) is 0 Å². The number of ether oxygens (including phenoxy) is 1. The summed E-state index contributed by atoms with van der Waals surface area (Å²) >= 11 is 0. The molecule has 2 saturated heterocycles. The molecule has 6 nitrogen and oxygen atoms in total. The molecule has 1 atom stereocenters. The number of carbonyl (C=O) groups is 2. The highest BCUT2D eigenvalue weighted by Gasteiger charge is 2.40. The van der Waals surface area contributed by atoms with Gasteiger partial charge in [0.05, 0.1) is 19.7 Å². The van der Waals surface area contributed by atoms with E-state index in [1.54, 1.807) is 6.07 Å². The largest absolute Gasteiger partial charge is 0.494 e. The second kappa shape index (κ2) is 8.93. The number of hydrogen-bond acceptors (Lipinski definition) is 5. The Morgan fingerprint density at radius 1 is 1.00 bits per heavy atom. The van der Waals surface area contributed by atoms with Crippen LogP contribution in [0.25, 0.3) is 0 Å². The number of rotatable bonds is 6. The van der Waals surface area contributed by atoms with E-state index in [9.17, 15) is 14.0 Å². The number of hydrogen-bond donors (Lipinski definition) is 0. The Bertz CT molecular complexity index is 913. The summed E-state index contributed by atoms with van der Waals surface area (Å²) in [5.41, 5.74) is 1.80. The maximum Gasteiger partial charge on any atom is 0.238 e. The molecule has 2 fully saturated rings. The van der Waals surface area contributed by atoms with Gasteiger partial charge in [0, 0.05) is 39.1 Å². The van der Waals surface area contributed by atoms with E-state index in [1.165, 1.54) is 18.1 Å². The summed E-state index contributed by atoms with van der Waals surface area (Å²) in [6.07, 6.45) is 0.242. The van der Waals surface area contributed by atoms with Gasteiger partial charge in [-0.15, -0.1) is 0 Å². The third-order valence-electron chi connectivity index (χ3n) is 5.87. The van der Waals surface area contributed by atoms with Crippen molar-refractivity contribution in [1.29, 1.82) is 0 Å². The van der Waals surface area contributed by atoms with E-state index in [-0.39, 0.29) is 35.7 Å². The Kier molecular flexibility index (Phi) is 6.11. The summed E-state index contributed by atoms with van der Waals surface area (Å²) in [5.74, 6) is -0.692. The molecule has 0 N–H and O–H groups in total. The summed E-state index contributed by atoms with van der Waals surface area (Å²) in [4.78, 5) is 31.0. The van der Waals surface area contributed by atoms with Gasteiger partial charge in [-0.25, -0.2) is 4.39 Å². The first-order chi connectivity index (χ1) is 14.5. The van der Waals surface area contributed by atoms with E-state index in [0.29, 0.717) is 13.2 Å². The lowest BCUT2D eigenvalue weighted by Gasteiger charge is -2.36. The van der Waals surface area contributed by atoms with Gasteiger partial charge in [-0.1, -0.05) is 36.4 Å². The quantitative estimate of drug-likeness (QED) is 0.684. The van der Waals surface area contributed by atoms with E-state index >= 15 is 0 Å². The van der Waals surface area contributed by atoms with Crippen LogP contribution in [-0.4, -0.2) is 66.5 Å². The Hall–Kier alpha value is -2.77. The molecule has 2 aliphatic heterocycles. The standard InChI is InChI=1S/C23H26FN3O3/c1-30-21-8-7-17(13-20(21)24)15-25-9-11-26(12-10-25)16-27-22(28)14-19(23(27)29)18-5-3-2-4-6-18/h2-8,13,19H,9-12,14-16H2,1H3/t19-/m1/s1. The highest BCUT2D eigenvalue weighted by Crippen LogP contribution is 2.29. The van der Waals surface area contributed by atoms with Crippen molar-refractivity contribution in [3.63, 3.8) is 0 Å². The normalized spacial score (nSPS) is 20.7. The van der Waals surface area contributed by atoms with Gasteiger partial charge in [0.1, 0.15) is 0 Å². The number of imide groups is 1. The molecule has 0 spiro atoms. The highest BCUT2D eigenvalue weighted by molar-refractivity contribution is 6.06. The van der Waals surface area contributed by atoms with Gasteiger partial charge in [0.15, 0.2) is 11.6 Å². The van der Waals surface area contributed by atoms with Crippen molar-refractivity contribution in [3.05, 3.63) is 65.5 Å². The Labute approximate surface area is 175 Å². The Morgan fingerprint density at radius 3 is 2.37 bits per heavy atom. The summed E-state index contributed by atoms with van der Waals surface area (Å²) in [6, 6.07) is 14.5. The molecule has 7 heteroatoms. The summed E-state index contributed by atoms with van der Waals surface area (Å²) in [7, 11) is 1.45. The van der Waals surface area contributed by atoms with Crippen LogP contribution in [0.1, 0.15) is 23.5 Å². The molecule has 0 aliphatic carbocycles. The SMILES string of the molecule is COc1ccc(CN2CCN(CN3C(=O)C[C@H](c4ccccc4)C3=O)CC2)cc1F. The van der Waals surface area contributed by atoms with Crippen molar-refractivity contribution >= 4 is 11.8 Å². The Morgan fingerprint density at radius 2 is 1.70 bits per heavy atom. The molecule has 2 amide bonds. The van der Waals surface area contributed by atoms with Gasteiger partial charge in [0.2, 0.25) is 11.8 Å². The Balaban J connectivity index is 1.30. The first-order valence-corrected chi connectivity index (χ1v) is 10.2. The molecular formula is C23H26FN3O3. The van der Waals surface area contributed by atoms with Crippen molar-refractivity contribution in [3.8, 4) is 5.75 Å². The first-order valence-electron chi connectivity index (χ1n) is 10.2. The van der Waals surface area contributed by atoms with Gasteiger partial charge in [-0.05, 0) is 23.3 Å². The fourth-order valence-corrected chi connectivity index (χ4v) is 4.13. The van der Waals surface area contributed by atoms with Crippen LogP contribution >= 0.6 is 0 Å². The fraction of sp³-hybridized carbons (Fsp3) is 0.391.